The van der Waals surface area contributed by atoms with Gasteiger partial charge in [-0.2, -0.15) is 5.26 Å². The van der Waals surface area contributed by atoms with Gasteiger partial charge in [-0.1, -0.05) is 19.3 Å². The number of hydrogen-bond donors (Lipinski definition) is 1. The molecule has 15 heavy (non-hydrogen) atoms. The van der Waals surface area contributed by atoms with E-state index in [0.717, 1.165) is 19.3 Å². The highest BCUT2D eigenvalue weighted by Crippen LogP contribution is 2.24. The van der Waals surface area contributed by atoms with Crippen molar-refractivity contribution in [1.29, 1.82) is 0 Å². The van der Waals surface area contributed by atoms with Crippen molar-refractivity contribution in [3.05, 3.63) is 0 Å². The third-order valence-corrected chi connectivity index (χ3v) is 5.01. The second-order valence-electron chi connectivity index (χ2n) is 3.84. The third kappa shape index (κ3) is 3.79. The molecule has 1 fully saturated rings. The Balaban J connectivity index is 2.46. The van der Waals surface area contributed by atoms with Crippen molar-refractivity contribution in [1.82, 2.24) is 0 Å². The van der Waals surface area contributed by atoms with Crippen molar-refractivity contribution in [2.24, 2.45) is 0 Å². The van der Waals surface area contributed by atoms with Gasteiger partial charge in [0, 0.05) is 0 Å². The van der Waals surface area contributed by atoms with Gasteiger partial charge in [0.2, 0.25) is 0 Å². The first-order chi connectivity index (χ1) is 7.06. The molecule has 6 heteroatoms. The minimum absolute atomic E-state index is 0.225. The molecule has 0 aromatic heterocycles. The Labute approximate surface area is 89.3 Å². The Kier molecular flexibility index (Phi) is 4.53. The fourth-order valence-corrected chi connectivity index (χ4v) is 3.70. The van der Waals surface area contributed by atoms with Gasteiger partial charge in [0.1, 0.15) is 0 Å². The summed E-state index contributed by atoms with van der Waals surface area (Å²) in [5.41, 5.74) is 0. The summed E-state index contributed by atoms with van der Waals surface area (Å²) in [6.07, 6.45) is 4.08. The van der Waals surface area contributed by atoms with Gasteiger partial charge in [0.25, 0.3) is 0 Å². The molecule has 88 valence electrons. The first kappa shape index (κ1) is 12.4. The fraction of sp³-hybridized carbons (Fsp3) is 0.889. The second kappa shape index (κ2) is 5.46. The molecule has 1 aliphatic carbocycles. The monoisotopic (exact) mass is 236 g/mol. The van der Waals surface area contributed by atoms with Crippen molar-refractivity contribution < 1.29 is 23.4 Å². The van der Waals surface area contributed by atoms with Gasteiger partial charge in [-0.3, -0.25) is 0 Å². The molecule has 0 radical (unpaired) electrons. The van der Waals surface area contributed by atoms with Gasteiger partial charge in [0.15, 0.2) is 9.84 Å². The van der Waals surface area contributed by atoms with E-state index in [4.69, 9.17) is 5.26 Å². The van der Waals surface area contributed by atoms with Gasteiger partial charge in [-0.25, -0.2) is 13.2 Å². The number of rotatable bonds is 4. The van der Waals surface area contributed by atoms with Crippen LogP contribution >= 0.6 is 0 Å². The maximum Gasteiger partial charge on any atom is 0.343 e. The average Bonchev–Trinajstić information content (AvgIpc) is 2.27. The van der Waals surface area contributed by atoms with Crippen LogP contribution in [0.5, 0.6) is 0 Å². The first-order valence-corrected chi connectivity index (χ1v) is 6.83. The molecular weight excluding hydrogens is 220 g/mol. The molecule has 0 bridgehead atoms. The smallest absolute Gasteiger partial charge is 0.301 e. The summed E-state index contributed by atoms with van der Waals surface area (Å²) >= 11 is 0. The molecule has 0 atom stereocenters. The first-order valence-electron chi connectivity index (χ1n) is 5.12. The molecule has 0 saturated heterocycles. The van der Waals surface area contributed by atoms with E-state index in [9.17, 15) is 13.2 Å². The van der Waals surface area contributed by atoms with E-state index < -0.39 is 15.8 Å². The van der Waals surface area contributed by atoms with Crippen molar-refractivity contribution >= 4 is 15.8 Å². The Morgan fingerprint density at radius 2 is 1.87 bits per heavy atom. The molecule has 0 aromatic carbocycles. The Hall–Kier alpha value is -0.620. The van der Waals surface area contributed by atoms with Crippen LogP contribution in [0.4, 0.5) is 0 Å². The van der Waals surface area contributed by atoms with E-state index in [-0.39, 0.29) is 17.4 Å². The number of carbonyl (C=O) groups is 1. The maximum atomic E-state index is 11.7. The quantitative estimate of drug-likeness (QED) is 0.584. The van der Waals surface area contributed by atoms with Crippen molar-refractivity contribution in [2.45, 2.75) is 43.8 Å². The van der Waals surface area contributed by atoms with E-state index in [1.165, 1.54) is 0 Å². The lowest BCUT2D eigenvalue weighted by Gasteiger charge is -2.21. The van der Waals surface area contributed by atoms with E-state index in [0.29, 0.717) is 12.8 Å². The SMILES string of the molecule is O=C(CCS(=O)(=O)C1CCCCC1)OO. The van der Waals surface area contributed by atoms with Crippen LogP contribution < -0.4 is 0 Å². The number of carbonyl (C=O) groups excluding carboxylic acids is 1. The zero-order valence-corrected chi connectivity index (χ0v) is 9.33. The normalized spacial score (nSPS) is 18.7. The molecule has 0 amide bonds. The van der Waals surface area contributed by atoms with Gasteiger partial charge < -0.3 is 4.89 Å². The van der Waals surface area contributed by atoms with E-state index >= 15 is 0 Å². The van der Waals surface area contributed by atoms with Crippen LogP contribution in [0.2, 0.25) is 0 Å². The largest absolute Gasteiger partial charge is 0.343 e. The lowest BCUT2D eigenvalue weighted by Crippen LogP contribution is -2.27. The summed E-state index contributed by atoms with van der Waals surface area (Å²) in [5.74, 6) is -1.12. The number of hydrogen-bond acceptors (Lipinski definition) is 5. The van der Waals surface area contributed by atoms with Crippen LogP contribution in [0.1, 0.15) is 38.5 Å². The summed E-state index contributed by atoms with van der Waals surface area (Å²) in [6.45, 7) is 0. The average molecular weight is 236 g/mol. The summed E-state index contributed by atoms with van der Waals surface area (Å²) in [5, 5.41) is 7.69. The van der Waals surface area contributed by atoms with Crippen LogP contribution in [-0.4, -0.2) is 30.6 Å². The molecule has 1 rings (SSSR count). The van der Waals surface area contributed by atoms with E-state index in [1.807, 2.05) is 0 Å². The van der Waals surface area contributed by atoms with Gasteiger partial charge in [0.05, 0.1) is 17.4 Å². The summed E-state index contributed by atoms with van der Waals surface area (Å²) < 4.78 is 23.4. The molecule has 5 nitrogen and oxygen atoms in total. The minimum Gasteiger partial charge on any atom is -0.301 e. The Morgan fingerprint density at radius 1 is 1.27 bits per heavy atom. The molecular formula is C9H16O5S. The number of sulfone groups is 1. The molecule has 1 N–H and O–H groups in total. The van der Waals surface area contributed by atoms with Crippen LogP contribution in [-0.2, 0) is 19.5 Å². The molecule has 0 unspecified atom stereocenters. The maximum absolute atomic E-state index is 11.7. The van der Waals surface area contributed by atoms with Crippen LogP contribution in [0, 0.1) is 0 Å². The van der Waals surface area contributed by atoms with Crippen molar-refractivity contribution in [3.63, 3.8) is 0 Å². The molecule has 0 heterocycles. The summed E-state index contributed by atoms with van der Waals surface area (Å²) in [7, 11) is -3.20. The Bertz CT molecular complexity index is 302. The highest BCUT2D eigenvalue weighted by molar-refractivity contribution is 7.92. The van der Waals surface area contributed by atoms with Crippen molar-refractivity contribution in [3.8, 4) is 0 Å². The van der Waals surface area contributed by atoms with Gasteiger partial charge >= 0.3 is 5.97 Å². The van der Waals surface area contributed by atoms with Crippen LogP contribution in [0.25, 0.3) is 0 Å². The molecule has 0 aromatic rings. The minimum atomic E-state index is -3.20. The molecule has 1 saturated carbocycles. The predicted molar refractivity (Wildman–Crippen MR) is 54.0 cm³/mol. The Morgan fingerprint density at radius 3 is 2.40 bits per heavy atom. The second-order valence-corrected chi connectivity index (χ2v) is 6.24. The zero-order chi connectivity index (χ0) is 11.3. The van der Waals surface area contributed by atoms with Gasteiger partial charge in [-0.05, 0) is 12.8 Å². The summed E-state index contributed by atoms with van der Waals surface area (Å²) in [4.78, 5) is 14.0. The molecule has 0 spiro atoms. The third-order valence-electron chi connectivity index (χ3n) is 2.75. The molecule has 1 aliphatic rings. The standard InChI is InChI=1S/C9H16O5S/c10-9(14-11)6-7-15(12,13)8-4-2-1-3-5-8/h8,11H,1-7H2. The highest BCUT2D eigenvalue weighted by Gasteiger charge is 2.27. The highest BCUT2D eigenvalue weighted by atomic mass is 32.2. The van der Waals surface area contributed by atoms with Crippen LogP contribution in [0.15, 0.2) is 0 Å². The molecule has 0 aliphatic heterocycles. The van der Waals surface area contributed by atoms with E-state index in [2.05, 4.69) is 4.89 Å². The van der Waals surface area contributed by atoms with Crippen LogP contribution in [0.3, 0.4) is 0 Å². The lowest BCUT2D eigenvalue weighted by atomic mass is 10.0. The lowest BCUT2D eigenvalue weighted by molar-refractivity contribution is -0.233. The topological polar surface area (TPSA) is 80.7 Å². The summed E-state index contributed by atoms with van der Waals surface area (Å²) in [6, 6.07) is 0. The predicted octanol–water partition coefficient (Wildman–Crippen LogP) is 1.14. The zero-order valence-electron chi connectivity index (χ0n) is 8.52. The fourth-order valence-electron chi connectivity index (χ4n) is 1.86. The van der Waals surface area contributed by atoms with Crippen molar-refractivity contribution in [2.75, 3.05) is 5.75 Å². The van der Waals surface area contributed by atoms with Gasteiger partial charge in [-0.15, -0.1) is 0 Å². The van der Waals surface area contributed by atoms with E-state index in [1.54, 1.807) is 0 Å².